The molecule has 3 heterocycles. The fourth-order valence-electron chi connectivity index (χ4n) is 3.33. The second-order valence-corrected chi connectivity index (χ2v) is 7.35. The number of aliphatic hydroxyl groups is 1. The lowest BCUT2D eigenvalue weighted by molar-refractivity contribution is 0.0717. The molecule has 35 heavy (non-hydrogen) atoms. The Morgan fingerprint density at radius 2 is 1.83 bits per heavy atom. The predicted octanol–water partition coefficient (Wildman–Crippen LogP) is -0.851. The van der Waals surface area contributed by atoms with Crippen molar-refractivity contribution in [2.24, 2.45) is 0 Å². The number of carbonyl (C=O) groups is 1. The summed E-state index contributed by atoms with van der Waals surface area (Å²) in [4.78, 5) is 30.3. The molecule has 1 aliphatic heterocycles. The Kier molecular flexibility index (Phi) is 9.03. The molecule has 0 radical (unpaired) electrons. The first kappa shape index (κ1) is 29.4. The number of esters is 1. The molecule has 0 aliphatic carbocycles. The third-order valence-corrected chi connectivity index (χ3v) is 5.27. The highest BCUT2D eigenvalue weighted by Crippen LogP contribution is 2.37. The molecular weight excluding hydrogens is 503 g/mol. The third kappa shape index (κ3) is 4.94. The van der Waals surface area contributed by atoms with E-state index in [0.717, 1.165) is 12.3 Å². The van der Waals surface area contributed by atoms with Crippen molar-refractivity contribution in [1.82, 2.24) is 9.66 Å². The van der Waals surface area contributed by atoms with Gasteiger partial charge in [0, 0.05) is 32.4 Å². The molecule has 2 aromatic heterocycles. The summed E-state index contributed by atoms with van der Waals surface area (Å²) < 4.78 is 47.9. The van der Waals surface area contributed by atoms with Gasteiger partial charge in [-0.15, -0.1) is 0 Å². The van der Waals surface area contributed by atoms with Crippen LogP contribution in [-0.2, 0) is 0 Å². The highest BCUT2D eigenvalue weighted by atomic mass is 35.5. The van der Waals surface area contributed by atoms with Gasteiger partial charge in [0.25, 0.3) is 5.88 Å². The highest BCUT2D eigenvalue weighted by Gasteiger charge is 2.31. The van der Waals surface area contributed by atoms with Gasteiger partial charge in [0.2, 0.25) is 5.43 Å². The van der Waals surface area contributed by atoms with Crippen LogP contribution in [0.1, 0.15) is 10.4 Å². The number of fused-ring (bicyclic) bond motifs is 1. The topological polar surface area (TPSA) is 217 Å². The Labute approximate surface area is 199 Å². The molecule has 0 atom stereocenters. The van der Waals surface area contributed by atoms with E-state index in [0.29, 0.717) is 6.07 Å². The normalized spacial score (nSPS) is 12.7. The summed E-state index contributed by atoms with van der Waals surface area (Å²) in [6.07, 6.45) is 0.412. The van der Waals surface area contributed by atoms with Crippen LogP contribution >= 0.6 is 11.6 Å². The second-order valence-electron chi connectivity index (χ2n) is 6.97. The Hall–Kier alpha value is -3.63. The number of hydrogen-bond donors (Lipinski definition) is 3. The zero-order valence-corrected chi connectivity index (χ0v) is 18.6. The van der Waals surface area contributed by atoms with Crippen LogP contribution in [0.25, 0.3) is 10.9 Å². The zero-order chi connectivity index (χ0) is 23.3. The largest absolute Gasteiger partial charge is 0.412 e. The van der Waals surface area contributed by atoms with Crippen molar-refractivity contribution < 1.29 is 44.2 Å². The Bertz CT molecular complexity index is 1330. The average molecular weight is 524 g/mol. The number of rotatable bonds is 4. The molecule has 1 saturated heterocycles. The number of β-amino-alcohol motifs (C(OH)–C–C–N with tert-alkyl or cyclic N) is 1. The van der Waals surface area contributed by atoms with Crippen LogP contribution in [0.3, 0.4) is 0 Å². The summed E-state index contributed by atoms with van der Waals surface area (Å²) in [5, 5.41) is 9.13. The van der Waals surface area contributed by atoms with Crippen LogP contribution in [-0.4, -0.2) is 63.4 Å². The molecule has 192 valence electrons. The fraction of sp³-hybridized carbons (Fsp3) is 0.211. The van der Waals surface area contributed by atoms with Gasteiger partial charge in [-0.05, 0) is 6.07 Å². The summed E-state index contributed by atoms with van der Waals surface area (Å²) in [6, 6.07) is 1.28. The van der Waals surface area contributed by atoms with Crippen molar-refractivity contribution in [2.45, 2.75) is 6.10 Å². The van der Waals surface area contributed by atoms with Crippen molar-refractivity contribution in [1.29, 1.82) is 0 Å². The maximum Gasteiger partial charge on any atom is 0.350 e. The van der Waals surface area contributed by atoms with Gasteiger partial charge in [0.05, 0.1) is 27.7 Å². The maximum absolute atomic E-state index is 14.8. The highest BCUT2D eigenvalue weighted by molar-refractivity contribution is 6.38. The maximum atomic E-state index is 14.8. The number of carbonyl (C=O) groups excluding carboxylic acids is 1. The molecule has 4 rings (SSSR count). The van der Waals surface area contributed by atoms with E-state index < -0.39 is 52.2 Å². The van der Waals surface area contributed by atoms with Crippen molar-refractivity contribution >= 4 is 40.0 Å². The monoisotopic (exact) mass is 523 g/mol. The first-order valence-corrected chi connectivity index (χ1v) is 9.52. The molecule has 16 heteroatoms. The number of nitrogens with zero attached hydrogens (tertiary/aromatic N) is 3. The van der Waals surface area contributed by atoms with Crippen LogP contribution < -0.4 is 26.2 Å². The Morgan fingerprint density at radius 3 is 2.40 bits per heavy atom. The molecule has 3 aromatic rings. The van der Waals surface area contributed by atoms with E-state index in [4.69, 9.17) is 22.1 Å². The zero-order valence-electron chi connectivity index (χ0n) is 17.8. The number of aromatic nitrogens is 2. The lowest BCUT2D eigenvalue weighted by Crippen LogP contribution is -2.51. The lowest BCUT2D eigenvalue weighted by atomic mass is 10.1. The van der Waals surface area contributed by atoms with Gasteiger partial charge >= 0.3 is 5.97 Å². The van der Waals surface area contributed by atoms with E-state index in [1.165, 1.54) is 16.6 Å². The number of hydrogen-bond acceptors (Lipinski definition) is 8. The predicted molar refractivity (Wildman–Crippen MR) is 121 cm³/mol. The molecule has 0 saturated carbocycles. The minimum atomic E-state index is -1.33. The number of pyridine rings is 2. The molecule has 1 fully saturated rings. The van der Waals surface area contributed by atoms with Crippen LogP contribution in [0.15, 0.2) is 23.1 Å². The average Bonchev–Trinajstić information content (AvgIpc) is 2.71. The number of aliphatic hydroxyl groups excluding tert-OH is 1. The van der Waals surface area contributed by atoms with E-state index in [-0.39, 0.29) is 51.1 Å². The first-order chi connectivity index (χ1) is 15.1. The van der Waals surface area contributed by atoms with E-state index in [2.05, 4.69) is 10.4 Å². The molecular formula is C19H21ClF3N5O7. The number of nitrogens with two attached hydrogens (primary N) is 1. The molecule has 1 aromatic carbocycles. The second kappa shape index (κ2) is 10.7. The van der Waals surface area contributed by atoms with E-state index in [1.54, 1.807) is 0 Å². The lowest BCUT2D eigenvalue weighted by Gasteiger charge is -2.38. The van der Waals surface area contributed by atoms with Crippen molar-refractivity contribution in [3.63, 3.8) is 0 Å². The number of nitrogen functional groups attached to an aromatic ring is 1. The van der Waals surface area contributed by atoms with Crippen LogP contribution in [0.4, 0.5) is 24.7 Å². The minimum absolute atomic E-state index is 0. The van der Waals surface area contributed by atoms with E-state index in [9.17, 15) is 27.9 Å². The number of anilines is 2. The van der Waals surface area contributed by atoms with Gasteiger partial charge in [0.15, 0.2) is 17.5 Å². The Morgan fingerprint density at radius 1 is 1.20 bits per heavy atom. The number of nitrogens with one attached hydrogen (secondary N) is 1. The summed E-state index contributed by atoms with van der Waals surface area (Å²) >= 11 is 6.38. The van der Waals surface area contributed by atoms with Gasteiger partial charge in [0.1, 0.15) is 11.4 Å². The number of ether oxygens (including phenoxy) is 1. The molecule has 12 nitrogen and oxygen atoms in total. The number of halogens is 4. The summed E-state index contributed by atoms with van der Waals surface area (Å²) in [5.74, 6) is -6.27. The van der Waals surface area contributed by atoms with Crippen molar-refractivity contribution in [3.8, 4) is 5.88 Å². The quantitative estimate of drug-likeness (QED) is 0.365. The van der Waals surface area contributed by atoms with Crippen LogP contribution in [0, 0.1) is 17.5 Å². The van der Waals surface area contributed by atoms with Gasteiger partial charge < -0.3 is 42.3 Å². The molecule has 0 amide bonds. The van der Waals surface area contributed by atoms with Gasteiger partial charge in [-0.1, -0.05) is 11.6 Å². The SMILES string of the molecule is CNn1cc(C(=O)Oc2nc(N)c(F)cc2F)c(=O)c2cc(F)c(N3CC(O)C3)c(Cl)c21.O.O.O. The van der Waals surface area contributed by atoms with Crippen molar-refractivity contribution in [3.05, 3.63) is 56.6 Å². The minimum Gasteiger partial charge on any atom is -0.412 e. The molecule has 0 spiro atoms. The summed E-state index contributed by atoms with van der Waals surface area (Å²) in [6.45, 7) is 0.325. The van der Waals surface area contributed by atoms with Gasteiger partial charge in [-0.25, -0.2) is 18.0 Å². The molecule has 0 bridgehead atoms. The van der Waals surface area contributed by atoms with E-state index in [1.807, 2.05) is 0 Å². The van der Waals surface area contributed by atoms with Crippen LogP contribution in [0.5, 0.6) is 5.88 Å². The smallest absolute Gasteiger partial charge is 0.350 e. The summed E-state index contributed by atoms with van der Waals surface area (Å²) in [7, 11) is 1.45. The number of benzene rings is 1. The molecule has 10 N–H and O–H groups in total. The Balaban J connectivity index is 0.00000204. The third-order valence-electron chi connectivity index (χ3n) is 4.91. The van der Waals surface area contributed by atoms with E-state index >= 15 is 0 Å². The van der Waals surface area contributed by atoms with Crippen LogP contribution in [0.2, 0.25) is 5.02 Å². The first-order valence-electron chi connectivity index (χ1n) is 9.14. The standard InChI is InChI=1S/C19H15ClF3N5O4.3H2O/c1-25-28-6-9(19(31)32-18-12(23)3-11(22)17(24)26-18)16(30)8-2-10(21)15(13(20)14(8)28)27-4-7(29)5-27;;;/h2-3,6-7,25,29H,4-5H2,1H3,(H2,24,26);3*1H2. The fourth-order valence-corrected chi connectivity index (χ4v) is 3.73. The molecule has 1 aliphatic rings. The van der Waals surface area contributed by atoms with Crippen molar-refractivity contribution in [2.75, 3.05) is 36.2 Å². The van der Waals surface area contributed by atoms with Gasteiger partial charge in [-0.3, -0.25) is 9.47 Å². The van der Waals surface area contributed by atoms with Gasteiger partial charge in [-0.2, -0.15) is 4.98 Å². The summed E-state index contributed by atoms with van der Waals surface area (Å²) in [5.41, 5.74) is 6.48. The molecule has 0 unspecified atom stereocenters.